The molecule has 3 aromatic rings. The summed E-state index contributed by atoms with van der Waals surface area (Å²) in [6.45, 7) is 0.810. The van der Waals surface area contributed by atoms with Gasteiger partial charge in [-0.15, -0.1) is 0 Å². The minimum Gasteiger partial charge on any atom is -0.467 e. The SMILES string of the molecule is CC(=O)COc1ncccc1Oc1cc(-n2c(=O)cc(C(F)(F)F)n(C)c2=O)c(F)cc1[N+](=O)[O-]. The molecule has 35 heavy (non-hydrogen) atoms. The zero-order valence-corrected chi connectivity index (χ0v) is 17.8. The van der Waals surface area contributed by atoms with Gasteiger partial charge < -0.3 is 9.47 Å². The van der Waals surface area contributed by atoms with Crippen molar-refractivity contribution in [3.8, 4) is 23.1 Å². The summed E-state index contributed by atoms with van der Waals surface area (Å²) in [5.74, 6) is -3.04. The monoisotopic (exact) mass is 498 g/mol. The molecule has 0 spiro atoms. The second kappa shape index (κ2) is 9.36. The second-order valence-corrected chi connectivity index (χ2v) is 6.97. The number of alkyl halides is 3. The number of aromatic nitrogens is 3. The molecular weight excluding hydrogens is 484 g/mol. The maximum Gasteiger partial charge on any atom is 0.431 e. The van der Waals surface area contributed by atoms with Gasteiger partial charge in [0.2, 0.25) is 5.75 Å². The van der Waals surface area contributed by atoms with E-state index in [1.807, 2.05) is 0 Å². The van der Waals surface area contributed by atoms with E-state index in [9.17, 15) is 42.1 Å². The molecule has 184 valence electrons. The Morgan fingerprint density at radius 2 is 1.89 bits per heavy atom. The summed E-state index contributed by atoms with van der Waals surface area (Å²) in [5.41, 5.74) is -6.52. The van der Waals surface area contributed by atoms with Crippen molar-refractivity contribution in [3.05, 3.63) is 79.0 Å². The van der Waals surface area contributed by atoms with Gasteiger partial charge in [-0.3, -0.25) is 24.3 Å². The molecule has 0 bridgehead atoms. The smallest absolute Gasteiger partial charge is 0.431 e. The predicted octanol–water partition coefficient (Wildman–Crippen LogP) is 2.76. The van der Waals surface area contributed by atoms with Crippen LogP contribution in [0.1, 0.15) is 12.6 Å². The minimum absolute atomic E-state index is 0.0670. The number of nitrogens with zero attached hydrogens (tertiary/aromatic N) is 4. The van der Waals surface area contributed by atoms with Crippen LogP contribution < -0.4 is 20.7 Å². The average molecular weight is 498 g/mol. The number of ketones is 1. The van der Waals surface area contributed by atoms with Crippen molar-refractivity contribution >= 4 is 11.5 Å². The first-order valence-electron chi connectivity index (χ1n) is 9.45. The van der Waals surface area contributed by atoms with E-state index in [1.54, 1.807) is 0 Å². The van der Waals surface area contributed by atoms with Crippen LogP contribution >= 0.6 is 0 Å². The van der Waals surface area contributed by atoms with Gasteiger partial charge in [-0.2, -0.15) is 13.2 Å². The van der Waals surface area contributed by atoms with Gasteiger partial charge in [-0.1, -0.05) is 0 Å². The second-order valence-electron chi connectivity index (χ2n) is 6.97. The molecule has 0 aliphatic carbocycles. The summed E-state index contributed by atoms with van der Waals surface area (Å²) in [6, 6.07) is 3.62. The molecule has 0 saturated heterocycles. The highest BCUT2D eigenvalue weighted by Gasteiger charge is 2.35. The first-order valence-corrected chi connectivity index (χ1v) is 9.45. The number of benzene rings is 1. The molecule has 0 unspecified atom stereocenters. The summed E-state index contributed by atoms with van der Waals surface area (Å²) in [7, 11) is 0.718. The number of carbonyl (C=O) groups excluding carboxylic acids is 1. The highest BCUT2D eigenvalue weighted by atomic mass is 19.4. The van der Waals surface area contributed by atoms with Gasteiger partial charge >= 0.3 is 17.6 Å². The van der Waals surface area contributed by atoms with E-state index in [0.717, 1.165) is 7.05 Å². The van der Waals surface area contributed by atoms with Crippen LogP contribution in [0.2, 0.25) is 0 Å². The standard InChI is InChI=1S/C20H14F4N4O7/c1-10(29)9-34-18-14(4-3-5-25-18)35-15-7-12(11(21)6-13(15)28(32)33)27-17(30)8-16(20(22,23)24)26(2)19(27)31/h3-8H,9H2,1-2H3. The van der Waals surface area contributed by atoms with Crippen LogP contribution in [-0.4, -0.2) is 31.4 Å². The molecule has 0 amide bonds. The van der Waals surface area contributed by atoms with E-state index in [4.69, 9.17) is 9.47 Å². The van der Waals surface area contributed by atoms with Gasteiger partial charge in [0, 0.05) is 25.4 Å². The Balaban J connectivity index is 2.20. The van der Waals surface area contributed by atoms with Crippen LogP contribution in [0.5, 0.6) is 17.4 Å². The quantitative estimate of drug-likeness (QED) is 0.276. The molecule has 0 N–H and O–H groups in total. The van der Waals surface area contributed by atoms with Crippen molar-refractivity contribution < 1.29 is 36.8 Å². The lowest BCUT2D eigenvalue weighted by atomic mass is 10.2. The fourth-order valence-electron chi connectivity index (χ4n) is 2.90. The zero-order valence-electron chi connectivity index (χ0n) is 17.8. The normalized spacial score (nSPS) is 11.3. The highest BCUT2D eigenvalue weighted by Crippen LogP contribution is 2.37. The average Bonchev–Trinajstić information content (AvgIpc) is 2.76. The van der Waals surface area contributed by atoms with Crippen molar-refractivity contribution in [1.29, 1.82) is 0 Å². The summed E-state index contributed by atoms with van der Waals surface area (Å²) in [5, 5.41) is 11.5. The molecule has 2 aromatic heterocycles. The minimum atomic E-state index is -5.05. The molecular formula is C20H14F4N4O7. The number of rotatable bonds is 7. The van der Waals surface area contributed by atoms with E-state index in [0.29, 0.717) is 12.1 Å². The maximum absolute atomic E-state index is 14.8. The van der Waals surface area contributed by atoms with Crippen molar-refractivity contribution in [2.45, 2.75) is 13.1 Å². The van der Waals surface area contributed by atoms with E-state index < -0.39 is 57.6 Å². The molecule has 0 saturated carbocycles. The van der Waals surface area contributed by atoms with Gasteiger partial charge in [0.05, 0.1) is 16.7 Å². The predicted molar refractivity (Wildman–Crippen MR) is 109 cm³/mol. The number of pyridine rings is 1. The Morgan fingerprint density at radius 3 is 2.49 bits per heavy atom. The Bertz CT molecular complexity index is 1450. The van der Waals surface area contributed by atoms with Gasteiger partial charge in [0.1, 0.15) is 12.3 Å². The lowest BCUT2D eigenvalue weighted by Gasteiger charge is -2.15. The van der Waals surface area contributed by atoms with Crippen LogP contribution in [0.4, 0.5) is 23.2 Å². The van der Waals surface area contributed by atoms with Crippen LogP contribution in [0.15, 0.2) is 46.1 Å². The summed E-state index contributed by atoms with van der Waals surface area (Å²) < 4.78 is 64.8. The molecule has 0 atom stereocenters. The van der Waals surface area contributed by atoms with E-state index in [1.165, 1.54) is 25.3 Å². The molecule has 0 aliphatic rings. The number of carbonyl (C=O) groups is 1. The zero-order chi connectivity index (χ0) is 26.1. The first kappa shape index (κ1) is 25.1. The van der Waals surface area contributed by atoms with Crippen LogP contribution in [0, 0.1) is 15.9 Å². The fourth-order valence-corrected chi connectivity index (χ4v) is 2.90. The van der Waals surface area contributed by atoms with Crippen molar-refractivity contribution in [3.63, 3.8) is 0 Å². The fraction of sp³-hybridized carbons (Fsp3) is 0.200. The maximum atomic E-state index is 14.8. The third-order valence-corrected chi connectivity index (χ3v) is 4.44. The van der Waals surface area contributed by atoms with Crippen molar-refractivity contribution in [2.24, 2.45) is 7.05 Å². The first-order chi connectivity index (χ1) is 16.3. The molecule has 0 aliphatic heterocycles. The lowest BCUT2D eigenvalue weighted by Crippen LogP contribution is -2.41. The van der Waals surface area contributed by atoms with Gasteiger partial charge in [0.25, 0.3) is 11.4 Å². The molecule has 15 heteroatoms. The van der Waals surface area contributed by atoms with E-state index in [2.05, 4.69) is 4.98 Å². The lowest BCUT2D eigenvalue weighted by molar-refractivity contribution is -0.385. The number of nitro benzene ring substituents is 1. The number of hydrogen-bond donors (Lipinski definition) is 0. The Labute approximate surface area is 191 Å². The van der Waals surface area contributed by atoms with Gasteiger partial charge in [0.15, 0.2) is 17.3 Å². The largest absolute Gasteiger partial charge is 0.467 e. The number of Topliss-reactive ketones (excluding diaryl/α,β-unsaturated/α-hetero) is 1. The number of hydrogen-bond acceptors (Lipinski definition) is 8. The topological polar surface area (TPSA) is 136 Å². The molecule has 11 nitrogen and oxygen atoms in total. The number of halogens is 4. The highest BCUT2D eigenvalue weighted by molar-refractivity contribution is 5.77. The van der Waals surface area contributed by atoms with Crippen LogP contribution in [-0.2, 0) is 18.0 Å². The van der Waals surface area contributed by atoms with Crippen LogP contribution in [0.3, 0.4) is 0 Å². The van der Waals surface area contributed by atoms with Gasteiger partial charge in [-0.05, 0) is 19.1 Å². The summed E-state index contributed by atoms with van der Waals surface area (Å²) in [6.07, 6.45) is -3.79. The molecule has 1 aromatic carbocycles. The molecule has 0 fully saturated rings. The third kappa shape index (κ3) is 5.18. The Hall–Kier alpha value is -4.56. The van der Waals surface area contributed by atoms with Crippen molar-refractivity contribution in [2.75, 3.05) is 6.61 Å². The summed E-state index contributed by atoms with van der Waals surface area (Å²) in [4.78, 5) is 50.3. The van der Waals surface area contributed by atoms with Gasteiger partial charge in [-0.25, -0.2) is 18.7 Å². The van der Waals surface area contributed by atoms with Crippen LogP contribution in [0.25, 0.3) is 5.69 Å². The van der Waals surface area contributed by atoms with E-state index in [-0.39, 0.29) is 32.6 Å². The van der Waals surface area contributed by atoms with Crippen molar-refractivity contribution in [1.82, 2.24) is 14.1 Å². The molecule has 3 rings (SSSR count). The van der Waals surface area contributed by atoms with E-state index >= 15 is 0 Å². The Morgan fingerprint density at radius 1 is 1.20 bits per heavy atom. The third-order valence-electron chi connectivity index (χ3n) is 4.44. The number of nitro groups is 1. The Kier molecular flexibility index (Phi) is 6.70. The molecule has 0 radical (unpaired) electrons. The summed E-state index contributed by atoms with van der Waals surface area (Å²) >= 11 is 0. The number of ether oxygens (including phenoxy) is 2. The molecule has 2 heterocycles.